The first-order valence-electron chi connectivity index (χ1n) is 8.06. The molecule has 0 aliphatic carbocycles. The van der Waals surface area contributed by atoms with Crippen LogP contribution in [-0.2, 0) is 22.1 Å². The Morgan fingerprint density at radius 1 is 1.04 bits per heavy atom. The fraction of sp³-hybridized carbons (Fsp3) is 0.263. The van der Waals surface area contributed by atoms with Gasteiger partial charge in [0.15, 0.2) is 9.84 Å². The summed E-state index contributed by atoms with van der Waals surface area (Å²) >= 11 is 5.86. The van der Waals surface area contributed by atoms with Crippen molar-refractivity contribution in [3.63, 3.8) is 0 Å². The predicted octanol–water partition coefficient (Wildman–Crippen LogP) is 3.83. The molecular weight excluding hydrogens is 356 g/mol. The van der Waals surface area contributed by atoms with E-state index < -0.39 is 9.84 Å². The van der Waals surface area contributed by atoms with E-state index in [0.29, 0.717) is 5.02 Å². The molecule has 4 nitrogen and oxygen atoms in total. The van der Waals surface area contributed by atoms with E-state index in [9.17, 15) is 8.42 Å². The molecule has 0 radical (unpaired) electrons. The molecule has 132 valence electrons. The summed E-state index contributed by atoms with van der Waals surface area (Å²) in [4.78, 5) is 2.40. The molecule has 0 unspecified atom stereocenters. The van der Waals surface area contributed by atoms with E-state index >= 15 is 0 Å². The monoisotopic (exact) mass is 376 g/mol. The Hall–Kier alpha value is -1.82. The molecule has 0 N–H and O–H groups in total. The van der Waals surface area contributed by atoms with Crippen molar-refractivity contribution in [3.8, 4) is 0 Å². The largest absolute Gasteiger partial charge is 0.332 e. The van der Waals surface area contributed by atoms with Crippen LogP contribution in [0.4, 0.5) is 0 Å². The topological polar surface area (TPSA) is 42.3 Å². The van der Waals surface area contributed by atoms with Crippen LogP contribution in [0.15, 0.2) is 59.6 Å². The zero-order valence-electron chi connectivity index (χ0n) is 14.3. The van der Waals surface area contributed by atoms with E-state index in [2.05, 4.69) is 4.90 Å². The maximum absolute atomic E-state index is 12.8. The molecule has 25 heavy (non-hydrogen) atoms. The van der Waals surface area contributed by atoms with Crippen molar-refractivity contribution in [2.45, 2.75) is 17.2 Å². The Bertz CT molecular complexity index is 976. The number of nitrogens with zero attached hydrogens (tertiary/aromatic N) is 2. The van der Waals surface area contributed by atoms with E-state index in [1.54, 1.807) is 24.3 Å². The van der Waals surface area contributed by atoms with Gasteiger partial charge in [0.25, 0.3) is 0 Å². The summed E-state index contributed by atoms with van der Waals surface area (Å²) in [5.41, 5.74) is 2.10. The van der Waals surface area contributed by atoms with E-state index in [4.69, 9.17) is 11.6 Å². The molecular formula is C19H21ClN2O2S. The van der Waals surface area contributed by atoms with E-state index in [-0.39, 0.29) is 10.8 Å². The summed E-state index contributed by atoms with van der Waals surface area (Å²) in [5, 5.41) is 1.63. The van der Waals surface area contributed by atoms with Crippen LogP contribution in [0.5, 0.6) is 0 Å². The first-order chi connectivity index (χ1) is 11.9. The summed E-state index contributed by atoms with van der Waals surface area (Å²) < 4.78 is 27.3. The number of sulfone groups is 1. The molecule has 1 heterocycles. The molecule has 2 aromatic carbocycles. The molecule has 0 fully saturated rings. The van der Waals surface area contributed by atoms with Crippen LogP contribution in [0.1, 0.15) is 5.56 Å². The highest BCUT2D eigenvalue weighted by Crippen LogP contribution is 2.24. The summed E-state index contributed by atoms with van der Waals surface area (Å²) in [6.45, 7) is 0.915. The molecule has 6 heteroatoms. The molecule has 0 aliphatic rings. The van der Waals surface area contributed by atoms with E-state index in [1.165, 1.54) is 0 Å². The predicted molar refractivity (Wildman–Crippen MR) is 103 cm³/mol. The van der Waals surface area contributed by atoms with Crippen LogP contribution < -0.4 is 0 Å². The number of fused-ring (bicyclic) bond motifs is 1. The number of para-hydroxylation sites is 1. The first-order valence-corrected chi connectivity index (χ1v) is 10.1. The number of rotatable bonds is 6. The van der Waals surface area contributed by atoms with Crippen LogP contribution in [0.2, 0.25) is 5.02 Å². The summed E-state index contributed by atoms with van der Waals surface area (Å²) in [7, 11) is 0.618. The smallest absolute Gasteiger partial charge is 0.196 e. The average molecular weight is 377 g/mol. The Morgan fingerprint density at radius 3 is 2.40 bits per heavy atom. The Labute approximate surface area is 153 Å². The van der Waals surface area contributed by atoms with Crippen LogP contribution in [0.25, 0.3) is 10.9 Å². The lowest BCUT2D eigenvalue weighted by Crippen LogP contribution is -2.15. The number of halogens is 1. The van der Waals surface area contributed by atoms with Gasteiger partial charge in [0.05, 0.1) is 4.90 Å². The second-order valence-corrected chi connectivity index (χ2v) is 8.79. The molecule has 0 aliphatic heterocycles. The number of hydrogen-bond donors (Lipinski definition) is 0. The highest BCUT2D eigenvalue weighted by molar-refractivity contribution is 7.90. The van der Waals surface area contributed by atoms with E-state index in [0.717, 1.165) is 29.4 Å². The molecule has 3 aromatic rings. The Kier molecular flexibility index (Phi) is 5.18. The summed E-state index contributed by atoms with van der Waals surface area (Å²) in [6.07, 6.45) is 2.84. The molecule has 3 rings (SSSR count). The minimum absolute atomic E-state index is 0.0862. The highest BCUT2D eigenvalue weighted by atomic mass is 35.5. The van der Waals surface area contributed by atoms with Gasteiger partial charge in [-0.1, -0.05) is 29.8 Å². The van der Waals surface area contributed by atoms with Gasteiger partial charge in [-0.05, 0) is 56.4 Å². The maximum Gasteiger partial charge on any atom is 0.196 e. The highest BCUT2D eigenvalue weighted by Gasteiger charge is 2.18. The lowest BCUT2D eigenvalue weighted by molar-refractivity contribution is 0.414. The maximum atomic E-state index is 12.8. The zero-order valence-corrected chi connectivity index (χ0v) is 15.9. The quantitative estimate of drug-likeness (QED) is 0.656. The third kappa shape index (κ3) is 4.06. The van der Waals surface area contributed by atoms with Crippen molar-refractivity contribution in [2.24, 2.45) is 0 Å². The normalized spacial score (nSPS) is 12.2. The van der Waals surface area contributed by atoms with Gasteiger partial charge < -0.3 is 9.47 Å². The molecule has 0 bridgehead atoms. The summed E-state index contributed by atoms with van der Waals surface area (Å²) in [5.74, 6) is -0.0862. The van der Waals surface area contributed by atoms with Gasteiger partial charge in [-0.15, -0.1) is 0 Å². The number of aromatic nitrogens is 1. The van der Waals surface area contributed by atoms with Gasteiger partial charge in [0.1, 0.15) is 5.88 Å². The standard InChI is InChI=1S/C19H21ClN2O2S/c1-21(2)12-11-15-13-22(19-6-4-3-5-18(15)19)14-25(23,24)17-9-7-16(20)8-10-17/h3-10,13H,11-12,14H2,1-2H3. The summed E-state index contributed by atoms with van der Waals surface area (Å²) in [6, 6.07) is 14.2. The Morgan fingerprint density at radius 2 is 1.72 bits per heavy atom. The number of benzene rings is 2. The average Bonchev–Trinajstić information content (AvgIpc) is 2.91. The Balaban J connectivity index is 1.97. The molecule has 0 saturated heterocycles. The van der Waals surface area contributed by atoms with Crippen LogP contribution in [-0.4, -0.2) is 38.5 Å². The third-order valence-electron chi connectivity index (χ3n) is 4.18. The third-order valence-corrected chi connectivity index (χ3v) is 6.04. The molecule has 0 amide bonds. The molecule has 0 spiro atoms. The van der Waals surface area contributed by atoms with Crippen molar-refractivity contribution >= 4 is 32.3 Å². The van der Waals surface area contributed by atoms with Crippen molar-refractivity contribution in [2.75, 3.05) is 20.6 Å². The SMILES string of the molecule is CN(C)CCc1cn(CS(=O)(=O)c2ccc(Cl)cc2)c2ccccc12. The number of hydrogen-bond acceptors (Lipinski definition) is 3. The van der Waals surface area contributed by atoms with Gasteiger partial charge in [0, 0.05) is 28.7 Å². The number of likely N-dealkylation sites (N-methyl/N-ethyl adjacent to an activating group) is 1. The lowest BCUT2D eigenvalue weighted by Gasteiger charge is -2.08. The van der Waals surface area contributed by atoms with E-state index in [1.807, 2.05) is 49.1 Å². The minimum Gasteiger partial charge on any atom is -0.332 e. The van der Waals surface area contributed by atoms with Gasteiger partial charge in [-0.2, -0.15) is 0 Å². The molecule has 0 atom stereocenters. The molecule has 0 saturated carbocycles. The van der Waals surface area contributed by atoms with Crippen LogP contribution in [0.3, 0.4) is 0 Å². The van der Waals surface area contributed by atoms with Crippen molar-refractivity contribution in [3.05, 3.63) is 65.3 Å². The van der Waals surface area contributed by atoms with Crippen LogP contribution >= 0.6 is 11.6 Å². The van der Waals surface area contributed by atoms with Gasteiger partial charge in [0.2, 0.25) is 0 Å². The minimum atomic E-state index is -3.45. The first kappa shape index (κ1) is 18.0. The second kappa shape index (κ2) is 7.20. The fourth-order valence-corrected chi connectivity index (χ4v) is 4.28. The zero-order chi connectivity index (χ0) is 18.0. The van der Waals surface area contributed by atoms with Crippen molar-refractivity contribution in [1.82, 2.24) is 9.47 Å². The fourth-order valence-electron chi connectivity index (χ4n) is 2.87. The lowest BCUT2D eigenvalue weighted by atomic mass is 10.1. The van der Waals surface area contributed by atoms with Gasteiger partial charge in [-0.25, -0.2) is 8.42 Å². The van der Waals surface area contributed by atoms with Crippen molar-refractivity contribution in [1.29, 1.82) is 0 Å². The van der Waals surface area contributed by atoms with Gasteiger partial charge >= 0.3 is 0 Å². The molecule has 1 aromatic heterocycles. The van der Waals surface area contributed by atoms with Gasteiger partial charge in [-0.3, -0.25) is 0 Å². The van der Waals surface area contributed by atoms with Crippen LogP contribution in [0, 0.1) is 0 Å². The van der Waals surface area contributed by atoms with Crippen molar-refractivity contribution < 1.29 is 8.42 Å². The second-order valence-electron chi connectivity index (χ2n) is 6.39.